The third kappa shape index (κ3) is 18.7. The van der Waals surface area contributed by atoms with Crippen LogP contribution in [0.2, 0.25) is 0 Å². The Kier molecular flexibility index (Phi) is 32.1. The average molecular weight is 1450 g/mol. The molecule has 0 aromatic heterocycles. The van der Waals surface area contributed by atoms with Crippen molar-refractivity contribution in [1.29, 1.82) is 0 Å². The molecule has 0 aliphatic carbocycles. The van der Waals surface area contributed by atoms with Gasteiger partial charge in [-0.1, -0.05) is 6.92 Å². The fourth-order valence-corrected chi connectivity index (χ4v) is 14.0. The zero-order valence-corrected chi connectivity index (χ0v) is 54.4. The van der Waals surface area contributed by atoms with E-state index >= 15 is 0 Å². The molecule has 0 spiro atoms. The Balaban J connectivity index is 0.772. The van der Waals surface area contributed by atoms with E-state index in [0.29, 0.717) is 6.42 Å². The van der Waals surface area contributed by atoms with Crippen LogP contribution in [0.3, 0.4) is 0 Å². The number of aliphatic hydroxyl groups is 24. The lowest BCUT2D eigenvalue weighted by atomic mass is 9.87. The van der Waals surface area contributed by atoms with E-state index in [-0.39, 0.29) is 6.61 Å². The summed E-state index contributed by atoms with van der Waals surface area (Å²) in [7, 11) is 0. The summed E-state index contributed by atoms with van der Waals surface area (Å²) in [5.41, 5.74) is 0. The highest BCUT2D eigenvalue weighted by Gasteiger charge is 2.55. The standard InChI is InChI=1S/C59H104O40/c1-3-20-28(5-60)92-53(44(76)36(20)68)85-14-22-30(7-62)94-55(46(78)38(22)70)87-16-24-32(9-64)96-57(48(80)40(24)72)89-18-26-34(11-66)98-59(50(82)42(26)74)91-19-27-35(12-67)99-58(51(83)43(27)75)90-17-25-33(10-65)97-56(49(81)41(25)73)88-15-23-31(8-63)95-54(47(79)39(23)71)86-13-21-29(6-61)93-52(84-4-2)45(77)37(21)69/h20-83H,3-19H2,1-2H3/t20-,21-,22-,23-,24-,25-,26-,27-,28-,29-,30-,31-,32-,33-,34-,35-,36?,37?,38?,39?,40?,41?,42?,43?,44?,45?,46?,47?,48?,49?,50?,51?,52+,53+,54+,55+,56+,57+,58+,59+/m1/s1. The predicted molar refractivity (Wildman–Crippen MR) is 314 cm³/mol. The topological polar surface area (TPSA) is 633 Å². The third-order valence-electron chi connectivity index (χ3n) is 20.2. The Bertz CT molecular complexity index is 2300. The van der Waals surface area contributed by atoms with E-state index in [4.69, 9.17) is 75.8 Å². The molecular weight excluding hydrogens is 1350 g/mol. The molecule has 0 radical (unpaired) electrons. The Morgan fingerprint density at radius 3 is 0.455 bits per heavy atom. The van der Waals surface area contributed by atoms with Crippen LogP contribution in [0.25, 0.3) is 0 Å². The first-order chi connectivity index (χ1) is 47.3. The van der Waals surface area contributed by atoms with Crippen LogP contribution in [0.4, 0.5) is 0 Å². The molecule has 8 rings (SSSR count). The van der Waals surface area contributed by atoms with Crippen molar-refractivity contribution in [2.75, 3.05) is 106 Å². The van der Waals surface area contributed by atoms with Crippen LogP contribution in [-0.4, -0.2) is 425 Å². The molecule has 40 nitrogen and oxygen atoms in total. The largest absolute Gasteiger partial charge is 0.394 e. The zero-order valence-electron chi connectivity index (χ0n) is 54.4. The Labute approximate surface area is 567 Å². The highest BCUT2D eigenvalue weighted by atomic mass is 16.8. The summed E-state index contributed by atoms with van der Waals surface area (Å²) in [5.74, 6) is -9.33. The van der Waals surface area contributed by atoms with Crippen LogP contribution < -0.4 is 0 Å². The molecule has 24 N–H and O–H groups in total. The lowest BCUT2D eigenvalue weighted by Gasteiger charge is -2.46. The smallest absolute Gasteiger partial charge is 0.186 e. The first-order valence-corrected chi connectivity index (χ1v) is 33.2. The monoisotopic (exact) mass is 1450 g/mol. The van der Waals surface area contributed by atoms with E-state index in [1.807, 2.05) is 0 Å². The second-order valence-corrected chi connectivity index (χ2v) is 26.2. The minimum atomic E-state index is -1.94. The number of ether oxygens (including phenoxy) is 16. The highest BCUT2D eigenvalue weighted by Crippen LogP contribution is 2.39. The summed E-state index contributed by atoms with van der Waals surface area (Å²) in [6, 6.07) is 0. The van der Waals surface area contributed by atoms with Crippen LogP contribution in [0.1, 0.15) is 20.3 Å². The maximum atomic E-state index is 11.4. The molecule has 16 unspecified atom stereocenters. The fraction of sp³-hybridized carbons (Fsp3) is 1.00. The van der Waals surface area contributed by atoms with Gasteiger partial charge in [0.2, 0.25) is 0 Å². The molecule has 0 amide bonds. The summed E-state index contributed by atoms with van der Waals surface area (Å²) >= 11 is 0. The van der Waals surface area contributed by atoms with Gasteiger partial charge in [0.1, 0.15) is 48.8 Å². The van der Waals surface area contributed by atoms with Crippen molar-refractivity contribution < 1.29 is 198 Å². The number of hydrogen-bond acceptors (Lipinski definition) is 40. The molecule has 8 heterocycles. The molecule has 8 aliphatic rings. The van der Waals surface area contributed by atoms with Crippen LogP contribution in [0.15, 0.2) is 0 Å². The zero-order chi connectivity index (χ0) is 72.4. The molecular formula is C59H104O40. The summed E-state index contributed by atoms with van der Waals surface area (Å²) in [4.78, 5) is 0. The van der Waals surface area contributed by atoms with Gasteiger partial charge in [0, 0.05) is 54.0 Å². The van der Waals surface area contributed by atoms with Gasteiger partial charge in [-0.2, -0.15) is 0 Å². The van der Waals surface area contributed by atoms with Crippen LogP contribution in [-0.2, 0) is 75.8 Å². The Hall–Kier alpha value is -1.60. The second-order valence-electron chi connectivity index (χ2n) is 26.2. The molecule has 40 heteroatoms. The molecule has 0 aromatic carbocycles. The molecule has 8 aliphatic heterocycles. The van der Waals surface area contributed by atoms with Crippen molar-refractivity contribution in [3.63, 3.8) is 0 Å². The van der Waals surface area contributed by atoms with Gasteiger partial charge in [-0.3, -0.25) is 0 Å². The lowest BCUT2D eigenvalue weighted by molar-refractivity contribution is -0.339. The fourth-order valence-electron chi connectivity index (χ4n) is 14.0. The van der Waals surface area contributed by atoms with Crippen molar-refractivity contribution in [2.45, 2.75) is 217 Å². The van der Waals surface area contributed by atoms with E-state index in [1.165, 1.54) is 0 Å². The third-order valence-corrected chi connectivity index (χ3v) is 20.2. The van der Waals surface area contributed by atoms with Crippen molar-refractivity contribution in [3.05, 3.63) is 0 Å². The van der Waals surface area contributed by atoms with E-state index in [1.54, 1.807) is 13.8 Å². The number of aliphatic hydroxyl groups excluding tert-OH is 24. The summed E-state index contributed by atoms with van der Waals surface area (Å²) in [6.45, 7) is -6.65. The normalized spacial score (nSPS) is 49.4. The van der Waals surface area contributed by atoms with Crippen LogP contribution in [0, 0.1) is 47.3 Å². The lowest BCUT2D eigenvalue weighted by Crippen LogP contribution is -2.62. The highest BCUT2D eigenvalue weighted by molar-refractivity contribution is 4.98. The van der Waals surface area contributed by atoms with Crippen LogP contribution >= 0.6 is 0 Å². The molecule has 40 atom stereocenters. The van der Waals surface area contributed by atoms with Crippen molar-refractivity contribution in [2.24, 2.45) is 47.3 Å². The Morgan fingerprint density at radius 2 is 0.323 bits per heavy atom. The molecule has 0 aromatic rings. The SMILES string of the molecule is CCO[C@H]1O[C@H](CO)[C@@H](CO[C@H]2O[C@H](CO)[C@@H](CO[C@H]3O[C@H](CO)[C@@H](CO[C@H]4O[C@H](CO)[C@@H](CO[C@H]5O[C@H](CO)[C@@H](CO[C@H]6O[C@H](CO)[C@@H](CO[C@H]7O[C@H](CO)[C@@H](CO[C@H]8O[C@H](CO)[C@@H](CC)C(O)C8O)C(O)C7O)C(O)C6O)C(O)C5O)C(O)C4O)C(O)C3O)C(O)C2O)C(O)C1O. The average Bonchev–Trinajstić information content (AvgIpc) is 0.841. The summed E-state index contributed by atoms with van der Waals surface area (Å²) in [5, 5.41) is 259. The van der Waals surface area contributed by atoms with Crippen molar-refractivity contribution in [1.82, 2.24) is 0 Å². The van der Waals surface area contributed by atoms with E-state index in [2.05, 4.69) is 0 Å². The first kappa shape index (κ1) is 83.0. The van der Waals surface area contributed by atoms with Gasteiger partial charge in [-0.15, -0.1) is 0 Å². The number of hydrogen-bond donors (Lipinski definition) is 24. The van der Waals surface area contributed by atoms with Gasteiger partial charge in [-0.25, -0.2) is 0 Å². The van der Waals surface area contributed by atoms with E-state index in [0.717, 1.165) is 0 Å². The van der Waals surface area contributed by atoms with Crippen molar-refractivity contribution in [3.8, 4) is 0 Å². The maximum Gasteiger partial charge on any atom is 0.186 e. The molecule has 580 valence electrons. The quantitative estimate of drug-likeness (QED) is 0.0297. The minimum absolute atomic E-state index is 0.123. The molecule has 99 heavy (non-hydrogen) atoms. The van der Waals surface area contributed by atoms with Gasteiger partial charge >= 0.3 is 0 Å². The van der Waals surface area contributed by atoms with Gasteiger partial charge in [0.25, 0.3) is 0 Å². The van der Waals surface area contributed by atoms with Gasteiger partial charge < -0.3 is 198 Å². The first-order valence-electron chi connectivity index (χ1n) is 33.2. The second kappa shape index (κ2) is 38.3. The summed E-state index contributed by atoms with van der Waals surface area (Å²) < 4.78 is 91.0. The predicted octanol–water partition coefficient (Wildman–Crippen LogP) is -14.0. The van der Waals surface area contributed by atoms with Gasteiger partial charge in [-0.05, 0) is 13.3 Å². The van der Waals surface area contributed by atoms with E-state index in [9.17, 15) is 123 Å². The number of rotatable bonds is 32. The molecule has 0 bridgehead atoms. The summed E-state index contributed by atoms with van der Waals surface area (Å²) in [6.07, 6.45) is -50.8. The van der Waals surface area contributed by atoms with Gasteiger partial charge in [0.05, 0.1) is 197 Å². The Morgan fingerprint density at radius 1 is 0.192 bits per heavy atom. The van der Waals surface area contributed by atoms with Gasteiger partial charge in [0.15, 0.2) is 50.3 Å². The van der Waals surface area contributed by atoms with Crippen molar-refractivity contribution >= 4 is 0 Å². The molecule has 0 saturated carbocycles. The molecule has 8 saturated heterocycles. The van der Waals surface area contributed by atoms with Crippen LogP contribution in [0.5, 0.6) is 0 Å². The maximum absolute atomic E-state index is 11.4. The minimum Gasteiger partial charge on any atom is -0.394 e. The van der Waals surface area contributed by atoms with E-state index < -0.39 is 343 Å². The molecule has 8 fully saturated rings.